The van der Waals surface area contributed by atoms with Crippen LogP contribution >= 0.6 is 12.4 Å². The lowest BCUT2D eigenvalue weighted by Gasteiger charge is -2.37. The van der Waals surface area contributed by atoms with Gasteiger partial charge in [0.1, 0.15) is 23.0 Å². The monoisotopic (exact) mass is 404 g/mol. The van der Waals surface area contributed by atoms with E-state index in [1.807, 2.05) is 13.8 Å². The second kappa shape index (κ2) is 7.02. The molecule has 1 atom stereocenters. The molecule has 0 saturated heterocycles. The summed E-state index contributed by atoms with van der Waals surface area (Å²) in [6.45, 7) is 3.66. The number of fused-ring (bicyclic) bond motifs is 1. The third kappa shape index (κ3) is 4.25. The van der Waals surface area contributed by atoms with Crippen molar-refractivity contribution >= 4 is 28.1 Å². The molecule has 1 aliphatic rings. The van der Waals surface area contributed by atoms with Crippen LogP contribution in [0.5, 0.6) is 5.75 Å². The van der Waals surface area contributed by atoms with Gasteiger partial charge in [0.15, 0.2) is 0 Å². The summed E-state index contributed by atoms with van der Waals surface area (Å²) in [7, 11) is -4.14. The fourth-order valence-corrected chi connectivity index (χ4v) is 4.17. The van der Waals surface area contributed by atoms with Gasteiger partial charge in [-0.1, -0.05) is 0 Å². The first kappa shape index (κ1) is 20.4. The minimum Gasteiger partial charge on any atom is -0.487 e. The molecule has 0 aliphatic carbocycles. The molecule has 9 heteroatoms. The van der Waals surface area contributed by atoms with Crippen molar-refractivity contribution in [3.8, 4) is 5.75 Å². The van der Waals surface area contributed by atoms with Crippen molar-refractivity contribution in [2.24, 2.45) is 0 Å². The average Bonchev–Trinajstić information content (AvgIpc) is 2.46. The molecule has 0 radical (unpaired) electrons. The number of hydrogen-bond acceptors (Lipinski definition) is 4. The van der Waals surface area contributed by atoms with Crippen LogP contribution in [0.25, 0.3) is 0 Å². The van der Waals surface area contributed by atoms with E-state index in [2.05, 4.69) is 4.72 Å². The van der Waals surface area contributed by atoms with Crippen LogP contribution in [0.4, 0.5) is 14.5 Å². The van der Waals surface area contributed by atoms with Gasteiger partial charge in [-0.2, -0.15) is 0 Å². The van der Waals surface area contributed by atoms with E-state index in [-0.39, 0.29) is 12.4 Å². The summed E-state index contributed by atoms with van der Waals surface area (Å²) in [5, 5.41) is 0. The predicted octanol–water partition coefficient (Wildman–Crippen LogP) is 3.55. The molecule has 1 aliphatic heterocycles. The first-order valence-electron chi connectivity index (χ1n) is 7.63. The van der Waals surface area contributed by atoms with Gasteiger partial charge in [0, 0.05) is 23.7 Å². The minimum atomic E-state index is -4.14. The predicted molar refractivity (Wildman–Crippen MR) is 96.8 cm³/mol. The van der Waals surface area contributed by atoms with E-state index in [0.29, 0.717) is 29.5 Å². The smallest absolute Gasteiger partial charge is 0.241 e. The van der Waals surface area contributed by atoms with Crippen LogP contribution in [0.1, 0.15) is 31.9 Å². The summed E-state index contributed by atoms with van der Waals surface area (Å²) in [5.74, 6) is -1.40. The maximum atomic E-state index is 13.4. The van der Waals surface area contributed by atoms with E-state index < -0.39 is 38.2 Å². The maximum Gasteiger partial charge on any atom is 0.241 e. The molecule has 0 bridgehead atoms. The molecule has 1 unspecified atom stereocenters. The van der Waals surface area contributed by atoms with Crippen molar-refractivity contribution in [3.05, 3.63) is 53.6 Å². The number of nitrogens with two attached hydrogens (primary N) is 1. The number of rotatable bonds is 3. The molecular weight excluding hydrogens is 386 g/mol. The van der Waals surface area contributed by atoms with Gasteiger partial charge < -0.3 is 10.5 Å². The SMILES string of the molecule is CC1(C)CC(NS(=O)(=O)c2cc(F)cc(F)c2)c2cc(N)ccc2O1.Cl. The highest BCUT2D eigenvalue weighted by Gasteiger charge is 2.36. The summed E-state index contributed by atoms with van der Waals surface area (Å²) < 4.78 is 60.3. The minimum absolute atomic E-state index is 0. The Bertz CT molecular complexity index is 915. The van der Waals surface area contributed by atoms with Gasteiger partial charge in [-0.25, -0.2) is 21.9 Å². The third-order valence-electron chi connectivity index (χ3n) is 3.93. The second-order valence-electron chi connectivity index (χ2n) is 6.64. The zero-order valence-corrected chi connectivity index (χ0v) is 15.8. The highest BCUT2D eigenvalue weighted by Crippen LogP contribution is 2.41. The zero-order valence-electron chi connectivity index (χ0n) is 14.1. The van der Waals surface area contributed by atoms with Crippen LogP contribution in [0, 0.1) is 11.6 Å². The van der Waals surface area contributed by atoms with Crippen molar-refractivity contribution in [2.45, 2.75) is 36.8 Å². The van der Waals surface area contributed by atoms with Crippen LogP contribution in [0.2, 0.25) is 0 Å². The number of nitrogens with one attached hydrogen (secondary N) is 1. The van der Waals surface area contributed by atoms with E-state index in [0.717, 1.165) is 12.1 Å². The summed E-state index contributed by atoms with van der Waals surface area (Å²) in [6, 6.07) is 6.49. The van der Waals surface area contributed by atoms with E-state index >= 15 is 0 Å². The number of hydrogen-bond donors (Lipinski definition) is 2. The largest absolute Gasteiger partial charge is 0.487 e. The molecule has 2 aromatic carbocycles. The Morgan fingerprint density at radius 1 is 1.15 bits per heavy atom. The lowest BCUT2D eigenvalue weighted by atomic mass is 9.90. The van der Waals surface area contributed by atoms with Crippen LogP contribution in [0.3, 0.4) is 0 Å². The fourth-order valence-electron chi connectivity index (χ4n) is 2.92. The van der Waals surface area contributed by atoms with Crippen molar-refractivity contribution in [3.63, 3.8) is 0 Å². The average molecular weight is 405 g/mol. The number of anilines is 1. The van der Waals surface area contributed by atoms with Crippen molar-refractivity contribution in [2.75, 3.05) is 5.73 Å². The van der Waals surface area contributed by atoms with Gasteiger partial charge in [0.25, 0.3) is 0 Å². The van der Waals surface area contributed by atoms with Crippen LogP contribution in [-0.4, -0.2) is 14.0 Å². The lowest BCUT2D eigenvalue weighted by Crippen LogP contribution is -2.41. The highest BCUT2D eigenvalue weighted by atomic mass is 35.5. The van der Waals surface area contributed by atoms with Crippen LogP contribution in [0.15, 0.2) is 41.3 Å². The maximum absolute atomic E-state index is 13.4. The zero-order chi connectivity index (χ0) is 18.4. The molecule has 142 valence electrons. The lowest BCUT2D eigenvalue weighted by molar-refractivity contribution is 0.0702. The molecule has 3 rings (SSSR count). The van der Waals surface area contributed by atoms with Gasteiger partial charge in [0.2, 0.25) is 10.0 Å². The van der Waals surface area contributed by atoms with E-state index in [4.69, 9.17) is 10.5 Å². The quantitative estimate of drug-likeness (QED) is 0.766. The van der Waals surface area contributed by atoms with E-state index in [1.165, 1.54) is 0 Å². The molecule has 0 spiro atoms. The van der Waals surface area contributed by atoms with Gasteiger partial charge in [-0.05, 0) is 44.2 Å². The summed E-state index contributed by atoms with van der Waals surface area (Å²) in [4.78, 5) is -0.472. The summed E-state index contributed by atoms with van der Waals surface area (Å²) in [5.41, 5.74) is 6.22. The molecule has 3 N–H and O–H groups in total. The van der Waals surface area contributed by atoms with Gasteiger partial charge in [-0.3, -0.25) is 0 Å². The Hall–Kier alpha value is -1.90. The molecule has 5 nitrogen and oxygen atoms in total. The molecule has 2 aromatic rings. The molecule has 1 heterocycles. The van der Waals surface area contributed by atoms with Gasteiger partial charge in [0.05, 0.1) is 10.9 Å². The molecule has 0 aromatic heterocycles. The third-order valence-corrected chi connectivity index (χ3v) is 5.39. The molecular formula is C17H19ClF2N2O3S. The second-order valence-corrected chi connectivity index (χ2v) is 8.36. The Morgan fingerprint density at radius 2 is 1.77 bits per heavy atom. The molecule has 0 saturated carbocycles. The highest BCUT2D eigenvalue weighted by molar-refractivity contribution is 7.89. The van der Waals surface area contributed by atoms with E-state index in [1.54, 1.807) is 18.2 Å². The Labute approximate surface area is 157 Å². The Kier molecular flexibility index (Phi) is 5.51. The number of halogens is 3. The number of nitrogen functional groups attached to an aromatic ring is 1. The normalized spacial score (nSPS) is 18.4. The fraction of sp³-hybridized carbons (Fsp3) is 0.294. The van der Waals surface area contributed by atoms with E-state index in [9.17, 15) is 17.2 Å². The summed E-state index contributed by atoms with van der Waals surface area (Å²) >= 11 is 0. The van der Waals surface area contributed by atoms with Crippen molar-refractivity contribution in [1.82, 2.24) is 4.72 Å². The number of ether oxygens (including phenoxy) is 1. The Balaban J connectivity index is 0.00000243. The van der Waals surface area contributed by atoms with Gasteiger partial charge in [-0.15, -0.1) is 12.4 Å². The Morgan fingerprint density at radius 3 is 2.38 bits per heavy atom. The first-order valence-corrected chi connectivity index (χ1v) is 9.11. The molecule has 26 heavy (non-hydrogen) atoms. The standard InChI is InChI=1S/C17H18F2N2O3S.ClH/c1-17(2)9-15(14-8-12(20)3-4-16(14)24-17)21-25(22,23)13-6-10(18)5-11(19)7-13;/h3-8,15,21H,9,20H2,1-2H3;1H. The van der Waals surface area contributed by atoms with Crippen LogP contribution in [-0.2, 0) is 10.0 Å². The number of benzene rings is 2. The molecule has 0 amide bonds. The van der Waals surface area contributed by atoms with Crippen molar-refractivity contribution < 1.29 is 21.9 Å². The van der Waals surface area contributed by atoms with Gasteiger partial charge >= 0.3 is 0 Å². The topological polar surface area (TPSA) is 81.4 Å². The first-order chi connectivity index (χ1) is 11.6. The van der Waals surface area contributed by atoms with Crippen LogP contribution < -0.4 is 15.2 Å². The van der Waals surface area contributed by atoms with Crippen molar-refractivity contribution in [1.29, 1.82) is 0 Å². The number of sulfonamides is 1. The molecule has 0 fully saturated rings. The summed E-state index contributed by atoms with van der Waals surface area (Å²) in [6.07, 6.45) is 0.334.